The molecule has 0 aromatic heterocycles. The number of carbonyl (C=O) groups is 1. The number of carbonyl (C=O) groups excluding carboxylic acids is 1. The van der Waals surface area contributed by atoms with Crippen molar-refractivity contribution in [1.82, 2.24) is 0 Å². The maximum Gasteiger partial charge on any atom is 0.338 e. The highest BCUT2D eigenvalue weighted by atomic mass is 16.5. The van der Waals surface area contributed by atoms with Crippen molar-refractivity contribution in [2.45, 2.75) is 59.8 Å². The lowest BCUT2D eigenvalue weighted by Gasteiger charge is -2.18. The van der Waals surface area contributed by atoms with Crippen LogP contribution in [-0.2, 0) is 11.2 Å². The fourth-order valence-corrected chi connectivity index (χ4v) is 2.63. The van der Waals surface area contributed by atoms with E-state index in [9.17, 15) is 4.79 Å². The molecule has 0 aliphatic rings. The SMILES string of the molecule is CCCC(C)c1ccc(C(=O)OCC)cc1CC(C)C. The predicted molar refractivity (Wildman–Crippen MR) is 84.3 cm³/mol. The first-order valence-electron chi connectivity index (χ1n) is 7.79. The third-order valence-corrected chi connectivity index (χ3v) is 3.53. The van der Waals surface area contributed by atoms with E-state index in [-0.39, 0.29) is 5.97 Å². The molecule has 0 N–H and O–H groups in total. The van der Waals surface area contributed by atoms with Gasteiger partial charge in [0.2, 0.25) is 0 Å². The van der Waals surface area contributed by atoms with Gasteiger partial charge in [-0.15, -0.1) is 0 Å². The molecule has 1 unspecified atom stereocenters. The summed E-state index contributed by atoms with van der Waals surface area (Å²) >= 11 is 0. The van der Waals surface area contributed by atoms with Crippen LogP contribution in [0.2, 0.25) is 0 Å². The quantitative estimate of drug-likeness (QED) is 0.657. The van der Waals surface area contributed by atoms with Gasteiger partial charge in [-0.3, -0.25) is 0 Å². The highest BCUT2D eigenvalue weighted by Gasteiger charge is 2.15. The summed E-state index contributed by atoms with van der Waals surface area (Å²) < 4.78 is 5.10. The number of ether oxygens (including phenoxy) is 1. The van der Waals surface area contributed by atoms with E-state index in [4.69, 9.17) is 4.74 Å². The molecule has 0 aliphatic carbocycles. The first-order chi connectivity index (χ1) is 9.49. The van der Waals surface area contributed by atoms with Gasteiger partial charge in [0.05, 0.1) is 12.2 Å². The Balaban J connectivity index is 3.08. The van der Waals surface area contributed by atoms with E-state index in [0.29, 0.717) is 24.0 Å². The number of rotatable bonds is 7. The van der Waals surface area contributed by atoms with Gasteiger partial charge in [0.1, 0.15) is 0 Å². The van der Waals surface area contributed by atoms with Gasteiger partial charge >= 0.3 is 5.97 Å². The third kappa shape index (κ3) is 4.66. The molecule has 0 fully saturated rings. The number of esters is 1. The number of hydrogen-bond donors (Lipinski definition) is 0. The molecule has 1 atom stereocenters. The molecule has 0 radical (unpaired) electrons. The van der Waals surface area contributed by atoms with Crippen LogP contribution < -0.4 is 0 Å². The van der Waals surface area contributed by atoms with Crippen LogP contribution in [0.25, 0.3) is 0 Å². The van der Waals surface area contributed by atoms with E-state index in [0.717, 1.165) is 6.42 Å². The molecule has 20 heavy (non-hydrogen) atoms. The molecule has 1 aromatic rings. The molecule has 0 bridgehead atoms. The molecule has 112 valence electrons. The Morgan fingerprint density at radius 2 is 1.90 bits per heavy atom. The number of benzene rings is 1. The largest absolute Gasteiger partial charge is 0.462 e. The van der Waals surface area contributed by atoms with Crippen LogP contribution in [0.1, 0.15) is 74.9 Å². The highest BCUT2D eigenvalue weighted by molar-refractivity contribution is 5.89. The van der Waals surface area contributed by atoms with Gasteiger partial charge in [-0.2, -0.15) is 0 Å². The van der Waals surface area contributed by atoms with Crippen LogP contribution in [0.3, 0.4) is 0 Å². The fraction of sp³-hybridized carbons (Fsp3) is 0.611. The molecule has 0 spiro atoms. The lowest BCUT2D eigenvalue weighted by atomic mass is 9.87. The highest BCUT2D eigenvalue weighted by Crippen LogP contribution is 2.27. The molecule has 0 aliphatic heterocycles. The number of hydrogen-bond acceptors (Lipinski definition) is 2. The van der Waals surface area contributed by atoms with Gasteiger partial charge in [-0.25, -0.2) is 4.79 Å². The minimum atomic E-state index is -0.216. The van der Waals surface area contributed by atoms with Crippen molar-refractivity contribution >= 4 is 5.97 Å². The lowest BCUT2D eigenvalue weighted by Crippen LogP contribution is -2.09. The Hall–Kier alpha value is -1.31. The Morgan fingerprint density at radius 1 is 1.20 bits per heavy atom. The summed E-state index contributed by atoms with van der Waals surface area (Å²) in [6, 6.07) is 6.05. The zero-order valence-electron chi connectivity index (χ0n) is 13.5. The Labute approximate surface area is 123 Å². The summed E-state index contributed by atoms with van der Waals surface area (Å²) in [7, 11) is 0. The van der Waals surface area contributed by atoms with E-state index in [1.165, 1.54) is 24.0 Å². The molecular formula is C18H28O2. The molecule has 0 saturated carbocycles. The van der Waals surface area contributed by atoms with Crippen molar-refractivity contribution in [2.24, 2.45) is 5.92 Å². The molecule has 0 amide bonds. The molecular weight excluding hydrogens is 248 g/mol. The predicted octanol–water partition coefficient (Wildman–Crippen LogP) is 4.97. The van der Waals surface area contributed by atoms with Gasteiger partial charge in [-0.05, 0) is 54.9 Å². The zero-order chi connectivity index (χ0) is 15.1. The van der Waals surface area contributed by atoms with E-state index >= 15 is 0 Å². The van der Waals surface area contributed by atoms with Crippen molar-refractivity contribution < 1.29 is 9.53 Å². The van der Waals surface area contributed by atoms with Gasteiger partial charge in [0.15, 0.2) is 0 Å². The van der Waals surface area contributed by atoms with Crippen LogP contribution in [0.15, 0.2) is 18.2 Å². The second-order valence-corrected chi connectivity index (χ2v) is 5.92. The molecule has 0 heterocycles. The smallest absolute Gasteiger partial charge is 0.338 e. The summed E-state index contributed by atoms with van der Waals surface area (Å²) in [6.45, 7) is 11.2. The average Bonchev–Trinajstić information content (AvgIpc) is 2.38. The monoisotopic (exact) mass is 276 g/mol. The van der Waals surface area contributed by atoms with Crippen molar-refractivity contribution in [3.63, 3.8) is 0 Å². The van der Waals surface area contributed by atoms with E-state index in [1.54, 1.807) is 0 Å². The maximum absolute atomic E-state index is 11.9. The summed E-state index contributed by atoms with van der Waals surface area (Å²) in [5, 5.41) is 0. The summed E-state index contributed by atoms with van der Waals surface area (Å²) in [5.41, 5.74) is 3.36. The van der Waals surface area contributed by atoms with Crippen LogP contribution in [0.5, 0.6) is 0 Å². The van der Waals surface area contributed by atoms with Crippen LogP contribution in [0.4, 0.5) is 0 Å². The minimum absolute atomic E-state index is 0.216. The first kappa shape index (κ1) is 16.7. The van der Waals surface area contributed by atoms with Crippen molar-refractivity contribution in [1.29, 1.82) is 0 Å². The lowest BCUT2D eigenvalue weighted by molar-refractivity contribution is 0.0526. The van der Waals surface area contributed by atoms with E-state index in [2.05, 4.69) is 33.8 Å². The molecule has 2 heteroatoms. The van der Waals surface area contributed by atoms with E-state index < -0.39 is 0 Å². The van der Waals surface area contributed by atoms with Crippen LogP contribution >= 0.6 is 0 Å². The van der Waals surface area contributed by atoms with Crippen LogP contribution in [-0.4, -0.2) is 12.6 Å². The Bertz CT molecular complexity index is 435. The summed E-state index contributed by atoms with van der Waals surface area (Å²) in [5.74, 6) is 0.914. The summed E-state index contributed by atoms with van der Waals surface area (Å²) in [6.07, 6.45) is 3.38. The minimum Gasteiger partial charge on any atom is -0.462 e. The normalized spacial score (nSPS) is 12.5. The van der Waals surface area contributed by atoms with Crippen molar-refractivity contribution in [3.8, 4) is 0 Å². The molecule has 0 saturated heterocycles. The maximum atomic E-state index is 11.9. The van der Waals surface area contributed by atoms with Crippen LogP contribution in [0, 0.1) is 5.92 Å². The standard InChI is InChI=1S/C18H28O2/c1-6-8-14(5)17-10-9-15(18(19)20-7-2)12-16(17)11-13(3)4/h9-10,12-14H,6-8,11H2,1-5H3. The van der Waals surface area contributed by atoms with Gasteiger partial charge in [-0.1, -0.05) is 40.2 Å². The second kappa shape index (κ2) is 8.08. The zero-order valence-corrected chi connectivity index (χ0v) is 13.5. The molecule has 1 aromatic carbocycles. The van der Waals surface area contributed by atoms with Crippen molar-refractivity contribution in [2.75, 3.05) is 6.61 Å². The van der Waals surface area contributed by atoms with Gasteiger partial charge < -0.3 is 4.74 Å². The van der Waals surface area contributed by atoms with Gasteiger partial charge in [0, 0.05) is 0 Å². The summed E-state index contributed by atoms with van der Waals surface area (Å²) in [4.78, 5) is 11.9. The Kier molecular flexibility index (Phi) is 6.77. The molecule has 1 rings (SSSR count). The second-order valence-electron chi connectivity index (χ2n) is 5.92. The Morgan fingerprint density at radius 3 is 2.45 bits per heavy atom. The third-order valence-electron chi connectivity index (χ3n) is 3.53. The molecule has 2 nitrogen and oxygen atoms in total. The fourth-order valence-electron chi connectivity index (χ4n) is 2.63. The van der Waals surface area contributed by atoms with Crippen molar-refractivity contribution in [3.05, 3.63) is 34.9 Å². The van der Waals surface area contributed by atoms with Gasteiger partial charge in [0.25, 0.3) is 0 Å². The average molecular weight is 276 g/mol. The van der Waals surface area contributed by atoms with E-state index in [1.807, 2.05) is 19.1 Å². The first-order valence-corrected chi connectivity index (χ1v) is 7.79. The topological polar surface area (TPSA) is 26.3 Å².